The minimum absolute atomic E-state index is 0.0429. The molecule has 2 aliphatic heterocycles. The molecule has 0 bridgehead atoms. The SMILES string of the molecule is COC(=O)CC1COc2cc(OCc3cc(C(F)(F)F)cc4c3OCO4)ccc21. The lowest BCUT2D eigenvalue weighted by Gasteiger charge is -2.13. The van der Waals surface area contributed by atoms with Crippen LogP contribution in [0.25, 0.3) is 0 Å². The summed E-state index contributed by atoms with van der Waals surface area (Å²) in [5.74, 6) is 0.851. The Labute approximate surface area is 164 Å². The Bertz CT molecular complexity index is 941. The molecule has 29 heavy (non-hydrogen) atoms. The highest BCUT2D eigenvalue weighted by molar-refractivity contribution is 5.71. The number of rotatable bonds is 5. The normalized spacial score (nSPS) is 16.9. The highest BCUT2D eigenvalue weighted by Gasteiger charge is 2.34. The van der Waals surface area contributed by atoms with Crippen molar-refractivity contribution in [1.82, 2.24) is 0 Å². The van der Waals surface area contributed by atoms with Gasteiger partial charge in [-0.25, -0.2) is 0 Å². The first kappa shape index (κ1) is 19.2. The van der Waals surface area contributed by atoms with Gasteiger partial charge in [0.1, 0.15) is 18.1 Å². The molecule has 0 saturated heterocycles. The van der Waals surface area contributed by atoms with E-state index in [9.17, 15) is 18.0 Å². The maximum Gasteiger partial charge on any atom is 0.416 e. The molecule has 0 amide bonds. The van der Waals surface area contributed by atoms with E-state index >= 15 is 0 Å². The minimum atomic E-state index is -4.51. The Balaban J connectivity index is 1.51. The fourth-order valence-corrected chi connectivity index (χ4v) is 3.32. The largest absolute Gasteiger partial charge is 0.492 e. The molecular formula is C20H17F3O6. The van der Waals surface area contributed by atoms with Crippen molar-refractivity contribution in [3.63, 3.8) is 0 Å². The molecule has 0 fully saturated rings. The van der Waals surface area contributed by atoms with Crippen molar-refractivity contribution in [3.8, 4) is 23.0 Å². The van der Waals surface area contributed by atoms with Crippen molar-refractivity contribution in [3.05, 3.63) is 47.0 Å². The average Bonchev–Trinajstić information content (AvgIpc) is 3.32. The number of methoxy groups -OCH3 is 1. The molecular weight excluding hydrogens is 393 g/mol. The van der Waals surface area contributed by atoms with Crippen molar-refractivity contribution >= 4 is 5.97 Å². The Kier molecular flexibility index (Phi) is 4.89. The number of halogens is 3. The lowest BCUT2D eigenvalue weighted by molar-refractivity contribution is -0.141. The van der Waals surface area contributed by atoms with Gasteiger partial charge in [-0.3, -0.25) is 4.79 Å². The van der Waals surface area contributed by atoms with Gasteiger partial charge in [0.05, 0.1) is 25.7 Å². The molecule has 6 nitrogen and oxygen atoms in total. The van der Waals surface area contributed by atoms with Gasteiger partial charge in [-0.05, 0) is 18.2 Å². The van der Waals surface area contributed by atoms with E-state index in [2.05, 4.69) is 4.74 Å². The molecule has 0 aliphatic carbocycles. The maximum atomic E-state index is 13.1. The lowest BCUT2D eigenvalue weighted by atomic mass is 9.98. The molecule has 0 aromatic heterocycles. The molecule has 0 N–H and O–H groups in total. The van der Waals surface area contributed by atoms with Crippen molar-refractivity contribution in [1.29, 1.82) is 0 Å². The van der Waals surface area contributed by atoms with E-state index in [1.54, 1.807) is 18.2 Å². The molecule has 154 valence electrons. The van der Waals surface area contributed by atoms with E-state index in [4.69, 9.17) is 18.9 Å². The van der Waals surface area contributed by atoms with Gasteiger partial charge >= 0.3 is 12.1 Å². The summed E-state index contributed by atoms with van der Waals surface area (Å²) in [6.45, 7) is 0.0676. The summed E-state index contributed by atoms with van der Waals surface area (Å²) >= 11 is 0. The van der Waals surface area contributed by atoms with Crippen LogP contribution in [0.1, 0.15) is 29.0 Å². The van der Waals surface area contributed by atoms with E-state index in [1.807, 2.05) is 0 Å². The highest BCUT2D eigenvalue weighted by atomic mass is 19.4. The molecule has 9 heteroatoms. The summed E-state index contributed by atoms with van der Waals surface area (Å²) in [6, 6.07) is 7.02. The van der Waals surface area contributed by atoms with Gasteiger partial charge in [-0.2, -0.15) is 13.2 Å². The highest BCUT2D eigenvalue weighted by Crippen LogP contribution is 2.42. The number of ether oxygens (including phenoxy) is 5. The monoisotopic (exact) mass is 410 g/mol. The topological polar surface area (TPSA) is 63.2 Å². The first-order chi connectivity index (χ1) is 13.8. The number of carbonyl (C=O) groups is 1. The van der Waals surface area contributed by atoms with Gasteiger partial charge in [0.15, 0.2) is 11.5 Å². The van der Waals surface area contributed by atoms with Gasteiger partial charge in [-0.15, -0.1) is 0 Å². The van der Waals surface area contributed by atoms with E-state index in [0.717, 1.165) is 17.7 Å². The van der Waals surface area contributed by atoms with Crippen LogP contribution in [0.4, 0.5) is 13.2 Å². The van der Waals surface area contributed by atoms with Crippen LogP contribution in [0, 0.1) is 0 Å². The fraction of sp³-hybridized carbons (Fsp3) is 0.350. The van der Waals surface area contributed by atoms with E-state index in [0.29, 0.717) is 18.1 Å². The molecule has 0 spiro atoms. The number of alkyl halides is 3. The Morgan fingerprint density at radius 2 is 1.97 bits per heavy atom. The summed E-state index contributed by atoms with van der Waals surface area (Å²) in [6.07, 6.45) is -4.30. The zero-order chi connectivity index (χ0) is 20.6. The van der Waals surface area contributed by atoms with Crippen LogP contribution >= 0.6 is 0 Å². The predicted octanol–water partition coefficient (Wildman–Crippen LogP) is 4.05. The van der Waals surface area contributed by atoms with Gasteiger partial charge in [0.2, 0.25) is 6.79 Å². The van der Waals surface area contributed by atoms with Crippen LogP contribution in [0.3, 0.4) is 0 Å². The lowest BCUT2D eigenvalue weighted by Crippen LogP contribution is -2.09. The molecule has 0 saturated carbocycles. The molecule has 2 aliphatic rings. The van der Waals surface area contributed by atoms with E-state index in [-0.39, 0.29) is 48.8 Å². The quantitative estimate of drug-likeness (QED) is 0.693. The molecule has 4 rings (SSSR count). The number of hydrogen-bond donors (Lipinski definition) is 0. The predicted molar refractivity (Wildman–Crippen MR) is 93.2 cm³/mol. The summed E-state index contributed by atoms with van der Waals surface area (Å²) < 4.78 is 65.7. The van der Waals surface area contributed by atoms with Crippen molar-refractivity contribution in [2.75, 3.05) is 20.5 Å². The van der Waals surface area contributed by atoms with Gasteiger partial charge < -0.3 is 23.7 Å². The third kappa shape index (κ3) is 3.90. The third-order valence-corrected chi connectivity index (χ3v) is 4.78. The second-order valence-corrected chi connectivity index (χ2v) is 6.64. The average molecular weight is 410 g/mol. The Morgan fingerprint density at radius 1 is 1.14 bits per heavy atom. The number of benzene rings is 2. The molecule has 2 aromatic rings. The standard InChI is InChI=1S/C20H17F3O6/c1-25-18(24)5-11-8-27-16-7-14(2-3-15(11)16)26-9-12-4-13(20(21,22)23)6-17-19(12)29-10-28-17/h2-4,6-7,11H,5,8-10H2,1H3. The van der Waals surface area contributed by atoms with Crippen LogP contribution in [0.2, 0.25) is 0 Å². The zero-order valence-electron chi connectivity index (χ0n) is 15.4. The van der Waals surface area contributed by atoms with E-state index < -0.39 is 11.7 Å². The number of carbonyl (C=O) groups excluding carboxylic acids is 1. The number of hydrogen-bond acceptors (Lipinski definition) is 6. The second-order valence-electron chi connectivity index (χ2n) is 6.64. The van der Waals surface area contributed by atoms with Crippen molar-refractivity contribution in [2.24, 2.45) is 0 Å². The van der Waals surface area contributed by atoms with E-state index in [1.165, 1.54) is 7.11 Å². The molecule has 2 aromatic carbocycles. The maximum absolute atomic E-state index is 13.1. The Morgan fingerprint density at radius 3 is 2.72 bits per heavy atom. The van der Waals surface area contributed by atoms with Gasteiger partial charge in [-0.1, -0.05) is 6.07 Å². The zero-order valence-corrected chi connectivity index (χ0v) is 15.4. The second kappa shape index (κ2) is 7.38. The summed E-state index contributed by atoms with van der Waals surface area (Å²) in [5, 5.41) is 0. The Hall–Kier alpha value is -3.10. The number of fused-ring (bicyclic) bond motifs is 2. The van der Waals surface area contributed by atoms with Crippen molar-refractivity contribution in [2.45, 2.75) is 25.1 Å². The summed E-state index contributed by atoms with van der Waals surface area (Å²) in [4.78, 5) is 11.5. The molecule has 1 unspecified atom stereocenters. The van der Waals surface area contributed by atoms with Crippen LogP contribution in [0.5, 0.6) is 23.0 Å². The minimum Gasteiger partial charge on any atom is -0.492 e. The van der Waals surface area contributed by atoms with Crippen LogP contribution in [-0.2, 0) is 22.3 Å². The van der Waals surface area contributed by atoms with Crippen LogP contribution in [0.15, 0.2) is 30.3 Å². The first-order valence-electron chi connectivity index (χ1n) is 8.81. The first-order valence-corrected chi connectivity index (χ1v) is 8.81. The fourth-order valence-electron chi connectivity index (χ4n) is 3.32. The number of esters is 1. The van der Waals surface area contributed by atoms with Crippen LogP contribution in [-0.4, -0.2) is 26.5 Å². The molecule has 0 radical (unpaired) electrons. The third-order valence-electron chi connectivity index (χ3n) is 4.78. The molecule has 2 heterocycles. The van der Waals surface area contributed by atoms with Crippen molar-refractivity contribution < 1.29 is 41.7 Å². The van der Waals surface area contributed by atoms with Gasteiger partial charge in [0, 0.05) is 23.1 Å². The van der Waals surface area contributed by atoms with Gasteiger partial charge in [0.25, 0.3) is 0 Å². The van der Waals surface area contributed by atoms with Crippen LogP contribution < -0.4 is 18.9 Å². The smallest absolute Gasteiger partial charge is 0.416 e. The summed E-state index contributed by atoms with van der Waals surface area (Å²) in [5.41, 5.74) is 0.264. The summed E-state index contributed by atoms with van der Waals surface area (Å²) in [7, 11) is 1.33. The molecule has 1 atom stereocenters.